The van der Waals surface area contributed by atoms with Gasteiger partial charge in [-0.3, -0.25) is 0 Å². The molecule has 2 fully saturated rings. The van der Waals surface area contributed by atoms with Crippen LogP contribution in [0.5, 0.6) is 11.5 Å². The summed E-state index contributed by atoms with van der Waals surface area (Å²) in [7, 11) is 1.70. The molecular formula is C42H38FNO2. The average Bonchev–Trinajstić information content (AvgIpc) is 3.72. The van der Waals surface area contributed by atoms with Crippen LogP contribution in [0, 0.1) is 5.82 Å². The first-order valence-electron chi connectivity index (χ1n) is 16.9. The van der Waals surface area contributed by atoms with E-state index in [1.807, 2.05) is 18.2 Å². The minimum Gasteiger partial charge on any atom is -0.497 e. The number of rotatable bonds is 4. The van der Waals surface area contributed by atoms with E-state index < -0.39 is 5.60 Å². The number of hydrogen-bond donors (Lipinski definition) is 0. The minimum atomic E-state index is -0.836. The van der Waals surface area contributed by atoms with Crippen molar-refractivity contribution in [3.63, 3.8) is 0 Å². The molecule has 4 heteroatoms. The van der Waals surface area contributed by atoms with Crippen molar-refractivity contribution in [3.8, 4) is 22.6 Å². The van der Waals surface area contributed by atoms with E-state index in [0.29, 0.717) is 0 Å². The molecule has 5 aromatic rings. The molecule has 5 aromatic carbocycles. The van der Waals surface area contributed by atoms with Crippen LogP contribution in [0.2, 0.25) is 0 Å². The van der Waals surface area contributed by atoms with Gasteiger partial charge in [-0.2, -0.15) is 0 Å². The van der Waals surface area contributed by atoms with Crippen molar-refractivity contribution in [1.82, 2.24) is 0 Å². The third-order valence-corrected chi connectivity index (χ3v) is 11.2. The molecule has 0 aromatic heterocycles. The normalized spacial score (nSPS) is 20.8. The Morgan fingerprint density at radius 2 is 1.46 bits per heavy atom. The van der Waals surface area contributed by atoms with Crippen LogP contribution in [-0.4, -0.2) is 20.2 Å². The van der Waals surface area contributed by atoms with Crippen molar-refractivity contribution in [1.29, 1.82) is 0 Å². The average molecular weight is 608 g/mol. The van der Waals surface area contributed by atoms with Gasteiger partial charge in [-0.1, -0.05) is 73.5 Å². The van der Waals surface area contributed by atoms with E-state index in [1.54, 1.807) is 19.2 Å². The summed E-state index contributed by atoms with van der Waals surface area (Å²) in [6.45, 7) is 2.22. The molecule has 1 unspecified atom stereocenters. The molecule has 9 rings (SSSR count). The Morgan fingerprint density at radius 1 is 0.761 bits per heavy atom. The van der Waals surface area contributed by atoms with Crippen molar-refractivity contribution < 1.29 is 13.9 Å². The Morgan fingerprint density at radius 3 is 2.17 bits per heavy atom. The van der Waals surface area contributed by atoms with Crippen LogP contribution in [-0.2, 0) is 11.0 Å². The van der Waals surface area contributed by atoms with Gasteiger partial charge in [0.05, 0.1) is 7.11 Å². The topological polar surface area (TPSA) is 21.7 Å². The number of ether oxygens (including phenoxy) is 2. The smallest absolute Gasteiger partial charge is 0.178 e. The van der Waals surface area contributed by atoms with E-state index in [-0.39, 0.29) is 11.2 Å². The van der Waals surface area contributed by atoms with E-state index >= 15 is 0 Å². The van der Waals surface area contributed by atoms with Crippen LogP contribution in [0.25, 0.3) is 28.0 Å². The number of anilines is 1. The minimum absolute atomic E-state index is 0.158. The maximum absolute atomic E-state index is 14.9. The van der Waals surface area contributed by atoms with Crippen molar-refractivity contribution >= 4 is 22.5 Å². The van der Waals surface area contributed by atoms with Gasteiger partial charge < -0.3 is 14.4 Å². The number of nitrogens with zero attached hydrogens (tertiary/aromatic N) is 1. The van der Waals surface area contributed by atoms with Gasteiger partial charge in [0.2, 0.25) is 0 Å². The van der Waals surface area contributed by atoms with E-state index in [4.69, 9.17) is 9.47 Å². The lowest BCUT2D eigenvalue weighted by atomic mass is 9.73. The van der Waals surface area contributed by atoms with Gasteiger partial charge in [-0.25, -0.2) is 4.39 Å². The first-order chi connectivity index (χ1) is 22.6. The number of halogens is 1. The predicted octanol–water partition coefficient (Wildman–Crippen LogP) is 10.2. The summed E-state index contributed by atoms with van der Waals surface area (Å²) in [5.74, 6) is 1.57. The number of benzene rings is 5. The fraction of sp³-hybridized carbons (Fsp3) is 0.286. The molecule has 0 radical (unpaired) electrons. The van der Waals surface area contributed by atoms with E-state index in [0.717, 1.165) is 77.9 Å². The van der Waals surface area contributed by atoms with Gasteiger partial charge >= 0.3 is 0 Å². The Labute approximate surface area is 270 Å². The highest BCUT2D eigenvalue weighted by Crippen LogP contribution is 2.62. The maximum Gasteiger partial charge on any atom is 0.178 e. The van der Waals surface area contributed by atoms with Crippen molar-refractivity contribution in [2.24, 2.45) is 0 Å². The van der Waals surface area contributed by atoms with Crippen molar-refractivity contribution in [2.45, 2.75) is 56.0 Å². The Kier molecular flexibility index (Phi) is 6.32. The second-order valence-electron chi connectivity index (χ2n) is 13.5. The summed E-state index contributed by atoms with van der Waals surface area (Å²) in [5.41, 5.74) is 8.39. The second kappa shape index (κ2) is 10.5. The van der Waals surface area contributed by atoms with Crippen LogP contribution in [0.4, 0.5) is 10.1 Å². The standard InChI is InChI=1S/C42H38FNO2/c1-45-32-18-13-29(14-19-32)42(28-11-16-31(17-12-28)44-25-7-2-8-26-44)24-21-36-39-38(33-9-3-4-10-34(33)40(36)46-42)35-20-15-30(43)27-37(35)41(39)22-5-6-23-41/h3-4,9-21,24,27H,2,5-8,22-23,25-26H2,1H3. The van der Waals surface area contributed by atoms with Crippen LogP contribution in [0.3, 0.4) is 0 Å². The third-order valence-electron chi connectivity index (χ3n) is 11.2. The summed E-state index contributed by atoms with van der Waals surface area (Å²) in [6.07, 6.45) is 12.7. The lowest BCUT2D eigenvalue weighted by Crippen LogP contribution is -2.35. The van der Waals surface area contributed by atoms with Crippen molar-refractivity contribution in [2.75, 3.05) is 25.1 Å². The predicted molar refractivity (Wildman–Crippen MR) is 185 cm³/mol. The fourth-order valence-corrected chi connectivity index (χ4v) is 9.02. The SMILES string of the molecule is COc1ccc(C2(c3ccc(N4CCCCC4)cc3)C=Cc3c4c(c5ccccc5c3O2)-c2ccc(F)cc2C42CCCC2)cc1. The van der Waals surface area contributed by atoms with Crippen LogP contribution in [0.15, 0.2) is 97.1 Å². The molecule has 1 atom stereocenters. The molecule has 0 N–H and O–H groups in total. The summed E-state index contributed by atoms with van der Waals surface area (Å²) in [4.78, 5) is 2.50. The summed E-state index contributed by atoms with van der Waals surface area (Å²) in [5, 5.41) is 2.26. The zero-order chi connectivity index (χ0) is 30.9. The molecule has 1 saturated heterocycles. The molecule has 3 nitrogen and oxygen atoms in total. The molecule has 46 heavy (non-hydrogen) atoms. The van der Waals surface area contributed by atoms with Crippen LogP contribution < -0.4 is 14.4 Å². The highest BCUT2D eigenvalue weighted by Gasteiger charge is 2.49. The molecule has 2 heterocycles. The molecule has 2 aliphatic heterocycles. The molecular weight excluding hydrogens is 569 g/mol. The number of piperidine rings is 1. The number of fused-ring (bicyclic) bond motifs is 10. The van der Waals surface area contributed by atoms with Gasteiger partial charge in [0, 0.05) is 46.3 Å². The Balaban J connectivity index is 1.27. The lowest BCUT2D eigenvalue weighted by Gasteiger charge is -2.39. The molecule has 4 aliphatic rings. The van der Waals surface area contributed by atoms with E-state index in [1.165, 1.54) is 47.0 Å². The highest BCUT2D eigenvalue weighted by molar-refractivity contribution is 6.08. The molecule has 0 amide bonds. The summed E-state index contributed by atoms with van der Waals surface area (Å²) < 4.78 is 27.9. The monoisotopic (exact) mass is 607 g/mol. The van der Waals surface area contributed by atoms with E-state index in [2.05, 4.69) is 77.7 Å². The van der Waals surface area contributed by atoms with Gasteiger partial charge in [-0.15, -0.1) is 0 Å². The second-order valence-corrected chi connectivity index (χ2v) is 13.5. The molecule has 1 spiro atoms. The number of hydrogen-bond acceptors (Lipinski definition) is 3. The first kappa shape index (κ1) is 27.7. The molecule has 230 valence electrons. The Bertz CT molecular complexity index is 2000. The van der Waals surface area contributed by atoms with Gasteiger partial charge in [0.25, 0.3) is 0 Å². The van der Waals surface area contributed by atoms with Crippen LogP contribution >= 0.6 is 0 Å². The Hall–Kier alpha value is -4.57. The lowest BCUT2D eigenvalue weighted by molar-refractivity contribution is 0.163. The molecule has 1 saturated carbocycles. The van der Waals surface area contributed by atoms with Crippen LogP contribution in [0.1, 0.15) is 72.8 Å². The largest absolute Gasteiger partial charge is 0.497 e. The molecule has 0 bridgehead atoms. The summed E-state index contributed by atoms with van der Waals surface area (Å²) >= 11 is 0. The van der Waals surface area contributed by atoms with Gasteiger partial charge in [0.1, 0.15) is 17.3 Å². The zero-order valence-corrected chi connectivity index (χ0v) is 26.3. The van der Waals surface area contributed by atoms with Gasteiger partial charge in [-0.05, 0) is 102 Å². The first-order valence-corrected chi connectivity index (χ1v) is 16.9. The molecule has 2 aliphatic carbocycles. The maximum atomic E-state index is 14.9. The van der Waals surface area contributed by atoms with Gasteiger partial charge in [0.15, 0.2) is 5.60 Å². The zero-order valence-electron chi connectivity index (χ0n) is 26.3. The summed E-state index contributed by atoms with van der Waals surface area (Å²) in [6, 6.07) is 31.4. The fourth-order valence-electron chi connectivity index (χ4n) is 9.02. The third kappa shape index (κ3) is 3.95. The quantitative estimate of drug-likeness (QED) is 0.203. The highest BCUT2D eigenvalue weighted by atomic mass is 19.1. The van der Waals surface area contributed by atoms with E-state index in [9.17, 15) is 4.39 Å². The number of methoxy groups -OCH3 is 1. The van der Waals surface area contributed by atoms with Crippen molar-refractivity contribution in [3.05, 3.63) is 131 Å².